The number of benzene rings is 2. The minimum absolute atomic E-state index is 0.0405. The Kier molecular flexibility index (Phi) is 5.01. The molecule has 4 nitrogen and oxygen atoms in total. The number of hydrogen-bond donors (Lipinski definition) is 1. The van der Waals surface area contributed by atoms with Crippen LogP contribution in [-0.2, 0) is 4.79 Å². The predicted octanol–water partition coefficient (Wildman–Crippen LogP) is 5.05. The summed E-state index contributed by atoms with van der Waals surface area (Å²) in [6, 6.07) is 16.9. The molecule has 1 N–H and O–H groups in total. The molecule has 0 aliphatic rings. The SMILES string of the molecule is Cc1ccc(NC(=O)/C(C#N)=C/c2cc3cccc(C)c3nc2Cl)cc1. The van der Waals surface area contributed by atoms with E-state index in [1.54, 1.807) is 12.1 Å². The van der Waals surface area contributed by atoms with Crippen LogP contribution in [0, 0.1) is 25.2 Å². The summed E-state index contributed by atoms with van der Waals surface area (Å²) in [5.74, 6) is -0.489. The molecule has 3 rings (SSSR count). The Morgan fingerprint density at radius 1 is 1.19 bits per heavy atom. The first-order valence-electron chi connectivity index (χ1n) is 8.03. The third kappa shape index (κ3) is 3.74. The van der Waals surface area contributed by atoms with Crippen molar-refractivity contribution in [2.24, 2.45) is 0 Å². The number of hydrogen-bond acceptors (Lipinski definition) is 3. The molecule has 0 aliphatic carbocycles. The number of nitriles is 1. The van der Waals surface area contributed by atoms with Crippen molar-refractivity contribution in [3.63, 3.8) is 0 Å². The van der Waals surface area contributed by atoms with Crippen molar-refractivity contribution in [3.8, 4) is 6.07 Å². The van der Waals surface area contributed by atoms with E-state index in [1.807, 2.05) is 56.3 Å². The number of nitrogens with zero attached hydrogens (tertiary/aromatic N) is 2. The number of pyridine rings is 1. The van der Waals surface area contributed by atoms with Crippen LogP contribution in [0.2, 0.25) is 5.15 Å². The zero-order valence-corrected chi connectivity index (χ0v) is 15.1. The van der Waals surface area contributed by atoms with Crippen molar-refractivity contribution < 1.29 is 4.79 Å². The number of nitrogens with one attached hydrogen (secondary N) is 1. The Morgan fingerprint density at radius 2 is 1.92 bits per heavy atom. The van der Waals surface area contributed by atoms with E-state index >= 15 is 0 Å². The van der Waals surface area contributed by atoms with Crippen molar-refractivity contribution in [2.75, 3.05) is 5.32 Å². The van der Waals surface area contributed by atoms with Gasteiger partial charge >= 0.3 is 0 Å². The van der Waals surface area contributed by atoms with Crippen molar-refractivity contribution >= 4 is 40.2 Å². The summed E-state index contributed by atoms with van der Waals surface area (Å²) in [6.45, 7) is 3.92. The van der Waals surface area contributed by atoms with Gasteiger partial charge in [0.1, 0.15) is 16.8 Å². The van der Waals surface area contributed by atoms with E-state index in [-0.39, 0.29) is 10.7 Å². The highest BCUT2D eigenvalue weighted by Crippen LogP contribution is 2.25. The van der Waals surface area contributed by atoms with E-state index in [0.717, 1.165) is 22.0 Å². The minimum atomic E-state index is -0.489. The zero-order valence-electron chi connectivity index (χ0n) is 14.4. The van der Waals surface area contributed by atoms with Gasteiger partial charge in [-0.2, -0.15) is 5.26 Å². The number of anilines is 1. The van der Waals surface area contributed by atoms with Gasteiger partial charge in [-0.25, -0.2) is 4.98 Å². The smallest absolute Gasteiger partial charge is 0.266 e. The van der Waals surface area contributed by atoms with Crippen molar-refractivity contribution in [1.29, 1.82) is 5.26 Å². The second kappa shape index (κ2) is 7.38. The molecule has 26 heavy (non-hydrogen) atoms. The minimum Gasteiger partial charge on any atom is -0.321 e. The summed E-state index contributed by atoms with van der Waals surface area (Å²) in [4.78, 5) is 16.8. The lowest BCUT2D eigenvalue weighted by atomic mass is 10.1. The van der Waals surface area contributed by atoms with Crippen molar-refractivity contribution in [1.82, 2.24) is 4.98 Å². The number of aromatic nitrogens is 1. The molecule has 0 saturated heterocycles. The van der Waals surface area contributed by atoms with Gasteiger partial charge in [-0.05, 0) is 43.7 Å². The fourth-order valence-electron chi connectivity index (χ4n) is 2.58. The Balaban J connectivity index is 1.94. The number of amides is 1. The summed E-state index contributed by atoms with van der Waals surface area (Å²) in [5, 5.41) is 13.3. The number of carbonyl (C=O) groups excluding carboxylic acids is 1. The number of aryl methyl sites for hydroxylation is 2. The highest BCUT2D eigenvalue weighted by Gasteiger charge is 2.12. The molecule has 1 amide bonds. The van der Waals surface area contributed by atoms with Crippen LogP contribution in [0.25, 0.3) is 17.0 Å². The molecule has 0 saturated carbocycles. The van der Waals surface area contributed by atoms with E-state index in [1.165, 1.54) is 6.08 Å². The Bertz CT molecular complexity index is 1060. The average Bonchev–Trinajstić information content (AvgIpc) is 2.62. The predicted molar refractivity (Wildman–Crippen MR) is 105 cm³/mol. The van der Waals surface area contributed by atoms with Crippen LogP contribution in [0.15, 0.2) is 54.1 Å². The van der Waals surface area contributed by atoms with Crippen LogP contribution in [-0.4, -0.2) is 10.9 Å². The Morgan fingerprint density at radius 3 is 2.62 bits per heavy atom. The number of rotatable bonds is 3. The molecule has 128 valence electrons. The fourth-order valence-corrected chi connectivity index (χ4v) is 2.77. The third-order valence-electron chi connectivity index (χ3n) is 4.00. The summed E-state index contributed by atoms with van der Waals surface area (Å²) in [6.07, 6.45) is 1.46. The molecule has 1 aromatic heterocycles. The molecular formula is C21H16ClN3O. The van der Waals surface area contributed by atoms with Crippen molar-refractivity contribution in [2.45, 2.75) is 13.8 Å². The summed E-state index contributed by atoms with van der Waals surface area (Å²) in [7, 11) is 0. The van der Waals surface area contributed by atoms with E-state index in [9.17, 15) is 10.1 Å². The Hall–Kier alpha value is -3.16. The largest absolute Gasteiger partial charge is 0.321 e. The highest BCUT2D eigenvalue weighted by molar-refractivity contribution is 6.31. The molecular weight excluding hydrogens is 346 g/mol. The first-order valence-corrected chi connectivity index (χ1v) is 8.41. The van der Waals surface area contributed by atoms with Gasteiger partial charge in [0, 0.05) is 16.6 Å². The molecule has 0 atom stereocenters. The van der Waals surface area contributed by atoms with E-state index in [2.05, 4.69) is 10.3 Å². The summed E-state index contributed by atoms with van der Waals surface area (Å²) in [5.41, 5.74) is 4.01. The first-order chi connectivity index (χ1) is 12.5. The second-order valence-electron chi connectivity index (χ2n) is 6.01. The molecule has 0 bridgehead atoms. The van der Waals surface area contributed by atoms with Crippen LogP contribution >= 0.6 is 11.6 Å². The average molecular weight is 362 g/mol. The van der Waals surface area contributed by atoms with Crippen LogP contribution in [0.4, 0.5) is 5.69 Å². The van der Waals surface area contributed by atoms with Crippen molar-refractivity contribution in [3.05, 3.63) is 75.9 Å². The maximum atomic E-state index is 12.4. The number of carbonyl (C=O) groups is 1. The zero-order chi connectivity index (χ0) is 18.7. The molecule has 0 aliphatic heterocycles. The maximum absolute atomic E-state index is 12.4. The molecule has 3 aromatic rings. The van der Waals surface area contributed by atoms with Gasteiger partial charge in [0.25, 0.3) is 5.91 Å². The molecule has 0 radical (unpaired) electrons. The number of para-hydroxylation sites is 1. The molecule has 2 aromatic carbocycles. The maximum Gasteiger partial charge on any atom is 0.266 e. The highest BCUT2D eigenvalue weighted by atomic mass is 35.5. The summed E-state index contributed by atoms with van der Waals surface area (Å²) < 4.78 is 0. The third-order valence-corrected chi connectivity index (χ3v) is 4.31. The molecule has 0 unspecified atom stereocenters. The lowest BCUT2D eigenvalue weighted by molar-refractivity contribution is -0.112. The summed E-state index contributed by atoms with van der Waals surface area (Å²) >= 11 is 6.26. The fraction of sp³-hybridized carbons (Fsp3) is 0.0952. The molecule has 0 spiro atoms. The van der Waals surface area contributed by atoms with E-state index in [0.29, 0.717) is 11.3 Å². The Labute approximate surface area is 156 Å². The molecule has 5 heteroatoms. The van der Waals surface area contributed by atoms with Crippen LogP contribution in [0.3, 0.4) is 0 Å². The normalized spacial score (nSPS) is 11.2. The van der Waals surface area contributed by atoms with Gasteiger partial charge in [-0.1, -0.05) is 47.5 Å². The van der Waals surface area contributed by atoms with Gasteiger partial charge in [0.15, 0.2) is 0 Å². The standard InChI is InChI=1S/C21H16ClN3O/c1-13-6-8-18(9-7-13)24-21(26)17(12-23)11-16-10-15-5-3-4-14(2)19(15)25-20(16)22/h3-11H,1-2H3,(H,24,26)/b17-11+. The van der Waals surface area contributed by atoms with Gasteiger partial charge < -0.3 is 5.32 Å². The second-order valence-corrected chi connectivity index (χ2v) is 6.36. The van der Waals surface area contributed by atoms with Gasteiger partial charge in [-0.3, -0.25) is 4.79 Å². The van der Waals surface area contributed by atoms with Gasteiger partial charge in [-0.15, -0.1) is 0 Å². The quantitative estimate of drug-likeness (QED) is 0.403. The lowest BCUT2D eigenvalue weighted by Crippen LogP contribution is -2.13. The van der Waals surface area contributed by atoms with Crippen LogP contribution in [0.5, 0.6) is 0 Å². The monoisotopic (exact) mass is 361 g/mol. The molecule has 1 heterocycles. The van der Waals surface area contributed by atoms with E-state index in [4.69, 9.17) is 11.6 Å². The van der Waals surface area contributed by atoms with Gasteiger partial charge in [0.2, 0.25) is 0 Å². The number of halogens is 1. The topological polar surface area (TPSA) is 65.8 Å². The van der Waals surface area contributed by atoms with Crippen LogP contribution < -0.4 is 5.32 Å². The van der Waals surface area contributed by atoms with Crippen LogP contribution in [0.1, 0.15) is 16.7 Å². The first kappa shape index (κ1) is 17.7. The van der Waals surface area contributed by atoms with Gasteiger partial charge in [0.05, 0.1) is 5.52 Å². The molecule has 0 fully saturated rings. The van der Waals surface area contributed by atoms with E-state index < -0.39 is 5.91 Å². The number of fused-ring (bicyclic) bond motifs is 1. The lowest BCUT2D eigenvalue weighted by Gasteiger charge is -2.07.